The first-order chi connectivity index (χ1) is 14.1. The third kappa shape index (κ3) is 4.65. The molecule has 0 bridgehead atoms. The van der Waals surface area contributed by atoms with Crippen LogP contribution >= 0.6 is 11.6 Å². The third-order valence-electron chi connectivity index (χ3n) is 5.41. The lowest BCUT2D eigenvalue weighted by Gasteiger charge is -2.15. The summed E-state index contributed by atoms with van der Waals surface area (Å²) >= 11 is 6.51. The van der Waals surface area contributed by atoms with Crippen molar-refractivity contribution in [3.8, 4) is 6.01 Å². The Labute approximate surface area is 176 Å². The minimum atomic E-state index is 0.306. The average molecular weight is 414 g/mol. The summed E-state index contributed by atoms with van der Waals surface area (Å²) in [5.74, 6) is 0.392. The number of hydrogen-bond donors (Lipinski definition) is 1. The van der Waals surface area contributed by atoms with Crippen molar-refractivity contribution in [1.29, 1.82) is 0 Å². The van der Waals surface area contributed by atoms with E-state index in [2.05, 4.69) is 46.1 Å². The summed E-state index contributed by atoms with van der Waals surface area (Å²) in [5, 5.41) is 1.34. The topological polar surface area (TPSA) is 69.2 Å². The van der Waals surface area contributed by atoms with Crippen molar-refractivity contribution < 1.29 is 4.74 Å². The minimum Gasteiger partial charge on any atom is -0.463 e. The third-order valence-corrected chi connectivity index (χ3v) is 5.72. The zero-order valence-corrected chi connectivity index (χ0v) is 17.7. The molecular formula is C22H28ClN5O. The van der Waals surface area contributed by atoms with Crippen LogP contribution in [0, 0.1) is 0 Å². The Morgan fingerprint density at radius 1 is 1.07 bits per heavy atom. The molecule has 2 aromatic heterocycles. The zero-order chi connectivity index (χ0) is 20.2. The van der Waals surface area contributed by atoms with Gasteiger partial charge in [0, 0.05) is 6.54 Å². The molecule has 3 heterocycles. The van der Waals surface area contributed by atoms with E-state index in [1.165, 1.54) is 37.1 Å². The Bertz CT molecular complexity index is 963. The molecule has 1 aliphatic rings. The number of likely N-dealkylation sites (tertiary alicyclic amines) is 1. The SMILES string of the molecule is CCCCOc1nc(N)c2cc(Cl)n(Cc3ccc(CN4CCCC4)cc3)c2n1. The van der Waals surface area contributed by atoms with Crippen LogP contribution in [0.5, 0.6) is 6.01 Å². The number of unbranched alkanes of at least 4 members (excludes halogenated alkanes) is 1. The number of nitrogen functional groups attached to an aromatic ring is 1. The summed E-state index contributed by atoms with van der Waals surface area (Å²) in [5.41, 5.74) is 9.34. The molecule has 1 saturated heterocycles. The van der Waals surface area contributed by atoms with Crippen molar-refractivity contribution in [2.75, 3.05) is 25.4 Å². The molecule has 0 spiro atoms. The Hall–Kier alpha value is -2.31. The molecule has 6 nitrogen and oxygen atoms in total. The summed E-state index contributed by atoms with van der Waals surface area (Å²) in [6, 6.07) is 10.9. The van der Waals surface area contributed by atoms with Crippen molar-refractivity contribution in [3.05, 3.63) is 46.6 Å². The monoisotopic (exact) mass is 413 g/mol. The highest BCUT2D eigenvalue weighted by Gasteiger charge is 2.15. The minimum absolute atomic E-state index is 0.306. The summed E-state index contributed by atoms with van der Waals surface area (Å²) in [6.07, 6.45) is 4.62. The summed E-state index contributed by atoms with van der Waals surface area (Å²) in [7, 11) is 0. The van der Waals surface area contributed by atoms with E-state index in [1.807, 2.05) is 10.6 Å². The van der Waals surface area contributed by atoms with E-state index < -0.39 is 0 Å². The quantitative estimate of drug-likeness (QED) is 0.551. The number of benzene rings is 1. The van der Waals surface area contributed by atoms with Crippen LogP contribution in [0.3, 0.4) is 0 Å². The highest BCUT2D eigenvalue weighted by molar-refractivity contribution is 6.31. The fraction of sp³-hybridized carbons (Fsp3) is 0.455. The molecule has 0 atom stereocenters. The molecule has 2 N–H and O–H groups in total. The van der Waals surface area contributed by atoms with Gasteiger partial charge in [0.25, 0.3) is 0 Å². The Morgan fingerprint density at radius 3 is 2.45 bits per heavy atom. The number of ether oxygens (including phenoxy) is 1. The molecule has 1 aromatic carbocycles. The molecule has 0 saturated carbocycles. The molecule has 1 fully saturated rings. The van der Waals surface area contributed by atoms with Crippen molar-refractivity contribution in [2.24, 2.45) is 0 Å². The van der Waals surface area contributed by atoms with Gasteiger partial charge in [0.05, 0.1) is 18.5 Å². The van der Waals surface area contributed by atoms with E-state index >= 15 is 0 Å². The molecule has 0 aliphatic carbocycles. The number of rotatable bonds is 8. The molecule has 7 heteroatoms. The van der Waals surface area contributed by atoms with Gasteiger partial charge in [0.15, 0.2) is 5.65 Å². The molecule has 154 valence electrons. The number of nitrogens with zero attached hydrogens (tertiary/aromatic N) is 4. The van der Waals surface area contributed by atoms with Gasteiger partial charge in [-0.2, -0.15) is 9.97 Å². The molecule has 3 aromatic rings. The van der Waals surface area contributed by atoms with E-state index in [0.29, 0.717) is 35.8 Å². The molecule has 1 aliphatic heterocycles. The van der Waals surface area contributed by atoms with Crippen LogP contribution in [0.15, 0.2) is 30.3 Å². The van der Waals surface area contributed by atoms with Crippen molar-refractivity contribution >= 4 is 28.5 Å². The van der Waals surface area contributed by atoms with Crippen molar-refractivity contribution in [3.63, 3.8) is 0 Å². The van der Waals surface area contributed by atoms with E-state index in [1.54, 1.807) is 0 Å². The predicted molar refractivity (Wildman–Crippen MR) is 117 cm³/mol. The first-order valence-corrected chi connectivity index (χ1v) is 10.8. The molecule has 29 heavy (non-hydrogen) atoms. The lowest BCUT2D eigenvalue weighted by atomic mass is 10.1. The number of hydrogen-bond acceptors (Lipinski definition) is 5. The Balaban J connectivity index is 1.54. The number of halogens is 1. The smallest absolute Gasteiger partial charge is 0.320 e. The zero-order valence-electron chi connectivity index (χ0n) is 16.9. The van der Waals surface area contributed by atoms with Crippen LogP contribution in [0.1, 0.15) is 43.7 Å². The van der Waals surface area contributed by atoms with Gasteiger partial charge in [-0.05, 0) is 49.5 Å². The lowest BCUT2D eigenvalue weighted by molar-refractivity contribution is 0.286. The van der Waals surface area contributed by atoms with Gasteiger partial charge in [0.1, 0.15) is 11.0 Å². The maximum atomic E-state index is 6.51. The summed E-state index contributed by atoms with van der Waals surface area (Å²) in [4.78, 5) is 11.3. The second-order valence-electron chi connectivity index (χ2n) is 7.68. The van der Waals surface area contributed by atoms with Crippen LogP contribution < -0.4 is 10.5 Å². The predicted octanol–water partition coefficient (Wildman–Crippen LogP) is 4.49. The second-order valence-corrected chi connectivity index (χ2v) is 8.07. The normalized spacial score (nSPS) is 14.7. The van der Waals surface area contributed by atoms with Crippen LogP contribution in [0.2, 0.25) is 5.15 Å². The first kappa shape index (κ1) is 20.0. The van der Waals surface area contributed by atoms with Crippen molar-refractivity contribution in [1.82, 2.24) is 19.4 Å². The molecule has 0 unspecified atom stereocenters. The first-order valence-electron chi connectivity index (χ1n) is 10.4. The maximum Gasteiger partial charge on any atom is 0.320 e. The molecule has 4 rings (SSSR count). The van der Waals surface area contributed by atoms with E-state index in [9.17, 15) is 0 Å². The summed E-state index contributed by atoms with van der Waals surface area (Å²) < 4.78 is 7.62. The standard InChI is InChI=1S/C22H28ClN5O/c1-2-3-12-29-22-25-20(24)18-13-19(23)28(21(18)26-22)15-17-8-6-16(7-9-17)14-27-10-4-5-11-27/h6-9,13H,2-5,10-12,14-15H2,1H3,(H2,24,25,26). The van der Waals surface area contributed by atoms with Crippen LogP contribution in [-0.4, -0.2) is 39.1 Å². The Kier molecular flexibility index (Phi) is 6.21. The van der Waals surface area contributed by atoms with Gasteiger partial charge in [-0.25, -0.2) is 0 Å². The highest BCUT2D eigenvalue weighted by atomic mass is 35.5. The van der Waals surface area contributed by atoms with Gasteiger partial charge >= 0.3 is 6.01 Å². The van der Waals surface area contributed by atoms with Gasteiger partial charge in [0.2, 0.25) is 0 Å². The Morgan fingerprint density at radius 2 is 1.76 bits per heavy atom. The van der Waals surface area contributed by atoms with E-state index in [4.69, 9.17) is 22.1 Å². The average Bonchev–Trinajstić information content (AvgIpc) is 3.33. The summed E-state index contributed by atoms with van der Waals surface area (Å²) in [6.45, 7) is 6.75. The molecular weight excluding hydrogens is 386 g/mol. The number of anilines is 1. The van der Waals surface area contributed by atoms with Gasteiger partial charge in [-0.15, -0.1) is 0 Å². The van der Waals surface area contributed by atoms with Crippen LogP contribution in [0.4, 0.5) is 5.82 Å². The molecule has 0 radical (unpaired) electrons. The van der Waals surface area contributed by atoms with E-state index in [-0.39, 0.29) is 0 Å². The second kappa shape index (κ2) is 9.01. The fourth-order valence-electron chi connectivity index (χ4n) is 3.75. The number of nitrogens with two attached hydrogens (primary N) is 1. The number of fused-ring (bicyclic) bond motifs is 1. The highest BCUT2D eigenvalue weighted by Crippen LogP contribution is 2.28. The molecule has 0 amide bonds. The van der Waals surface area contributed by atoms with Gasteiger partial charge in [-0.1, -0.05) is 49.2 Å². The van der Waals surface area contributed by atoms with Crippen molar-refractivity contribution in [2.45, 2.75) is 45.7 Å². The van der Waals surface area contributed by atoms with Gasteiger partial charge < -0.3 is 15.0 Å². The largest absolute Gasteiger partial charge is 0.463 e. The van der Waals surface area contributed by atoms with Crippen LogP contribution in [0.25, 0.3) is 11.0 Å². The maximum absolute atomic E-state index is 6.51. The van der Waals surface area contributed by atoms with Gasteiger partial charge in [-0.3, -0.25) is 4.90 Å². The fourth-order valence-corrected chi connectivity index (χ4v) is 4.00. The number of aromatic nitrogens is 3. The van der Waals surface area contributed by atoms with Crippen LogP contribution in [-0.2, 0) is 13.1 Å². The lowest BCUT2D eigenvalue weighted by Crippen LogP contribution is -2.18. The van der Waals surface area contributed by atoms with E-state index in [0.717, 1.165) is 24.8 Å².